The molecule has 0 spiro atoms. The Bertz CT molecular complexity index is 647. The summed E-state index contributed by atoms with van der Waals surface area (Å²) in [6, 6.07) is -1.64. The van der Waals surface area contributed by atoms with Gasteiger partial charge in [0.05, 0.1) is 0 Å². The lowest BCUT2D eigenvalue weighted by atomic mass is 10.0. The Labute approximate surface area is 252 Å². The van der Waals surface area contributed by atoms with Crippen LogP contribution in [0.2, 0.25) is 0 Å². The molecule has 0 rings (SSSR count). The lowest BCUT2D eigenvalue weighted by molar-refractivity contribution is -0.150. The highest BCUT2D eigenvalue weighted by atomic mass is 16.4. The van der Waals surface area contributed by atoms with E-state index in [4.69, 9.17) is 11.5 Å². The van der Waals surface area contributed by atoms with E-state index in [0.717, 1.165) is 25.7 Å². The van der Waals surface area contributed by atoms with Crippen molar-refractivity contribution in [1.29, 1.82) is 0 Å². The molecule has 2 atom stereocenters. The number of nitrogens with zero attached hydrogens (tertiary/aromatic N) is 1. The largest absolute Gasteiger partial charge is 0.480 e. The fourth-order valence-corrected chi connectivity index (χ4v) is 5.39. The average Bonchev–Trinajstić information content (AvgIpc) is 2.95. The van der Waals surface area contributed by atoms with Crippen LogP contribution in [0.15, 0.2) is 0 Å². The number of carboxylic acid groups (broad SMARTS) is 1. The van der Waals surface area contributed by atoms with Gasteiger partial charge in [0.1, 0.15) is 12.1 Å². The third-order valence-electron chi connectivity index (χ3n) is 8.12. The predicted molar refractivity (Wildman–Crippen MR) is 171 cm³/mol. The molecule has 0 aliphatic carbocycles. The maximum absolute atomic E-state index is 13.2. The van der Waals surface area contributed by atoms with Gasteiger partial charge in [0.25, 0.3) is 0 Å². The molecule has 0 fully saturated rings. The summed E-state index contributed by atoms with van der Waals surface area (Å²) in [6.07, 6.45) is 25.9. The molecule has 0 aliphatic heterocycles. The number of aliphatic carboxylic acids is 1. The lowest BCUT2D eigenvalue weighted by Crippen LogP contribution is -2.52. The van der Waals surface area contributed by atoms with Gasteiger partial charge in [0, 0.05) is 13.5 Å². The summed E-state index contributed by atoms with van der Waals surface area (Å²) >= 11 is 0. The van der Waals surface area contributed by atoms with E-state index in [1.54, 1.807) is 0 Å². The van der Waals surface area contributed by atoms with Crippen molar-refractivity contribution >= 4 is 17.8 Å². The molecule has 8 nitrogen and oxygen atoms in total. The number of carbonyl (C=O) groups excluding carboxylic acids is 2. The Morgan fingerprint density at radius 1 is 0.634 bits per heavy atom. The summed E-state index contributed by atoms with van der Waals surface area (Å²) in [7, 11) is 1.52. The van der Waals surface area contributed by atoms with Crippen molar-refractivity contribution in [2.45, 2.75) is 173 Å². The molecular formula is C33H66N4O4. The Kier molecular flexibility index (Phi) is 27.3. The van der Waals surface area contributed by atoms with Crippen molar-refractivity contribution in [3.8, 4) is 0 Å². The first-order chi connectivity index (χ1) is 19.9. The Hall–Kier alpha value is -1.67. The first kappa shape index (κ1) is 39.3. The molecule has 242 valence electrons. The van der Waals surface area contributed by atoms with Crippen LogP contribution < -0.4 is 16.8 Å². The van der Waals surface area contributed by atoms with Crippen molar-refractivity contribution < 1.29 is 19.5 Å². The van der Waals surface area contributed by atoms with Gasteiger partial charge in [-0.1, -0.05) is 110 Å². The zero-order valence-electron chi connectivity index (χ0n) is 26.8. The number of nitrogens with two attached hydrogens (primary N) is 2. The third kappa shape index (κ3) is 22.6. The first-order valence-corrected chi connectivity index (χ1v) is 17.1. The molecule has 8 heteroatoms. The number of hydrogen-bond donors (Lipinski definition) is 4. The van der Waals surface area contributed by atoms with E-state index in [1.165, 1.54) is 102 Å². The van der Waals surface area contributed by atoms with Crippen LogP contribution in [0.25, 0.3) is 0 Å². The highest BCUT2D eigenvalue weighted by Crippen LogP contribution is 2.15. The summed E-state index contributed by atoms with van der Waals surface area (Å²) in [5.41, 5.74) is 11.1. The van der Waals surface area contributed by atoms with Crippen LogP contribution in [-0.2, 0) is 14.4 Å². The average molecular weight is 583 g/mol. The molecule has 0 aliphatic rings. The van der Waals surface area contributed by atoms with Crippen LogP contribution in [-0.4, -0.2) is 60.0 Å². The molecule has 41 heavy (non-hydrogen) atoms. The van der Waals surface area contributed by atoms with Gasteiger partial charge in [-0.25, -0.2) is 4.79 Å². The van der Waals surface area contributed by atoms with Crippen molar-refractivity contribution in [3.63, 3.8) is 0 Å². The minimum atomic E-state index is -1.03. The third-order valence-corrected chi connectivity index (χ3v) is 8.12. The van der Waals surface area contributed by atoms with Crippen LogP contribution in [0.5, 0.6) is 0 Å². The van der Waals surface area contributed by atoms with Crippen molar-refractivity contribution in [2.24, 2.45) is 11.5 Å². The number of rotatable bonds is 30. The molecule has 0 radical (unpaired) electrons. The Morgan fingerprint density at radius 2 is 1.05 bits per heavy atom. The number of carboxylic acids is 1. The van der Waals surface area contributed by atoms with Crippen LogP contribution in [0, 0.1) is 0 Å². The van der Waals surface area contributed by atoms with Gasteiger partial charge in [0.2, 0.25) is 11.8 Å². The van der Waals surface area contributed by atoms with E-state index in [-0.39, 0.29) is 11.8 Å². The molecule has 0 unspecified atom stereocenters. The minimum absolute atomic E-state index is 0.138. The van der Waals surface area contributed by atoms with E-state index >= 15 is 0 Å². The molecule has 0 saturated carbocycles. The second-order valence-corrected chi connectivity index (χ2v) is 11.9. The monoisotopic (exact) mass is 583 g/mol. The number of likely N-dealkylation sites (N-methyl/N-ethyl adjacent to an activating group) is 1. The van der Waals surface area contributed by atoms with Gasteiger partial charge in [-0.15, -0.1) is 0 Å². The van der Waals surface area contributed by atoms with Gasteiger partial charge >= 0.3 is 5.97 Å². The Morgan fingerprint density at radius 3 is 1.46 bits per heavy atom. The fraction of sp³-hybridized carbons (Fsp3) is 0.909. The summed E-state index contributed by atoms with van der Waals surface area (Å²) < 4.78 is 0. The molecule has 0 saturated heterocycles. The fourth-order valence-electron chi connectivity index (χ4n) is 5.39. The first-order valence-electron chi connectivity index (χ1n) is 17.1. The summed E-state index contributed by atoms with van der Waals surface area (Å²) in [4.78, 5) is 38.9. The van der Waals surface area contributed by atoms with E-state index in [9.17, 15) is 19.5 Å². The molecule has 2 amide bonds. The van der Waals surface area contributed by atoms with E-state index in [1.807, 2.05) is 0 Å². The van der Waals surface area contributed by atoms with Gasteiger partial charge in [-0.3, -0.25) is 9.59 Å². The van der Waals surface area contributed by atoms with Crippen LogP contribution in [0.1, 0.15) is 161 Å². The number of amides is 2. The zero-order valence-corrected chi connectivity index (χ0v) is 26.8. The highest BCUT2D eigenvalue weighted by Gasteiger charge is 2.31. The summed E-state index contributed by atoms with van der Waals surface area (Å²) in [5.74, 6) is -1.52. The van der Waals surface area contributed by atoms with Gasteiger partial charge in [-0.05, 0) is 58.0 Å². The number of nitrogens with one attached hydrogen (secondary N) is 1. The summed E-state index contributed by atoms with van der Waals surface area (Å²) in [6.45, 7) is 3.27. The topological polar surface area (TPSA) is 139 Å². The van der Waals surface area contributed by atoms with Gasteiger partial charge in [-0.2, -0.15) is 0 Å². The summed E-state index contributed by atoms with van der Waals surface area (Å²) in [5, 5.41) is 12.5. The molecule has 0 aromatic rings. The lowest BCUT2D eigenvalue weighted by Gasteiger charge is -2.29. The highest BCUT2D eigenvalue weighted by molar-refractivity contribution is 5.90. The van der Waals surface area contributed by atoms with E-state index < -0.39 is 18.1 Å². The molecule has 6 N–H and O–H groups in total. The van der Waals surface area contributed by atoms with Crippen LogP contribution in [0.3, 0.4) is 0 Å². The second-order valence-electron chi connectivity index (χ2n) is 11.9. The molecule has 0 aromatic heterocycles. The van der Waals surface area contributed by atoms with E-state index in [0.29, 0.717) is 51.6 Å². The smallest absolute Gasteiger partial charge is 0.326 e. The standard InChI is InChI=1S/C33H66N4O4/c1-3-4-5-6-7-8-9-10-11-12-13-14-15-16-17-18-19-26-31(38)36-29(24-20-22-27-34)32(39)37(2)30(33(40)41)25-21-23-28-35/h29-30H,3-28,34-35H2,1-2H3,(H,36,38)(H,40,41)/t29-,30-/m0/s1. The SMILES string of the molecule is CCCCCCCCCCCCCCCCCCCC(=O)N[C@@H](CCCCN)C(=O)N(C)[C@@H](CCCCN)C(=O)O. The predicted octanol–water partition coefficient (Wildman–Crippen LogP) is 6.68. The molecule has 0 aromatic carbocycles. The van der Waals surface area contributed by atoms with Gasteiger partial charge < -0.3 is 26.8 Å². The number of hydrogen-bond acceptors (Lipinski definition) is 5. The van der Waals surface area contributed by atoms with Gasteiger partial charge in [0.15, 0.2) is 0 Å². The second kappa shape index (κ2) is 28.4. The number of unbranched alkanes of at least 4 members (excludes halogenated alkanes) is 18. The molecular weight excluding hydrogens is 516 g/mol. The Balaban J connectivity index is 4.14. The van der Waals surface area contributed by atoms with Crippen molar-refractivity contribution in [3.05, 3.63) is 0 Å². The molecule has 0 bridgehead atoms. The number of carbonyl (C=O) groups is 3. The quantitative estimate of drug-likeness (QED) is 0.0697. The maximum atomic E-state index is 13.2. The van der Waals surface area contributed by atoms with E-state index in [2.05, 4.69) is 12.2 Å². The van der Waals surface area contributed by atoms with Crippen LogP contribution >= 0.6 is 0 Å². The van der Waals surface area contributed by atoms with Crippen molar-refractivity contribution in [2.75, 3.05) is 20.1 Å². The van der Waals surface area contributed by atoms with Crippen LogP contribution in [0.4, 0.5) is 0 Å². The normalized spacial score (nSPS) is 12.7. The minimum Gasteiger partial charge on any atom is -0.480 e. The van der Waals surface area contributed by atoms with Crippen molar-refractivity contribution in [1.82, 2.24) is 10.2 Å². The maximum Gasteiger partial charge on any atom is 0.326 e. The molecule has 0 heterocycles. The zero-order chi connectivity index (χ0) is 30.6.